The van der Waals surface area contributed by atoms with Gasteiger partial charge in [-0.3, -0.25) is 4.90 Å². The van der Waals surface area contributed by atoms with Crippen LogP contribution < -0.4 is 10.6 Å². The van der Waals surface area contributed by atoms with Crippen molar-refractivity contribution in [3.63, 3.8) is 0 Å². The zero-order valence-corrected chi connectivity index (χ0v) is 15.7. The Hall–Kier alpha value is -1.95. The van der Waals surface area contributed by atoms with Gasteiger partial charge in [0.1, 0.15) is 5.82 Å². The van der Waals surface area contributed by atoms with Crippen molar-refractivity contribution in [2.24, 2.45) is 5.73 Å². The summed E-state index contributed by atoms with van der Waals surface area (Å²) in [6.45, 7) is 6.45. The van der Waals surface area contributed by atoms with Crippen molar-refractivity contribution in [3.05, 3.63) is 65.0 Å². The summed E-state index contributed by atoms with van der Waals surface area (Å²) in [6.07, 6.45) is 2.19. The highest BCUT2D eigenvalue weighted by molar-refractivity contribution is 5.46. The zero-order chi connectivity index (χ0) is 18.6. The molecule has 1 unspecified atom stereocenters. The Bertz CT molecular complexity index is 757. The molecule has 0 radical (unpaired) electrons. The van der Waals surface area contributed by atoms with E-state index in [0.717, 1.165) is 57.9 Å². The molecule has 0 bridgehead atoms. The number of nitrogens with zero attached hydrogens (tertiary/aromatic N) is 2. The zero-order valence-electron chi connectivity index (χ0n) is 15.7. The summed E-state index contributed by atoms with van der Waals surface area (Å²) in [5, 5.41) is 0. The summed E-state index contributed by atoms with van der Waals surface area (Å²) in [7, 11) is 0. The van der Waals surface area contributed by atoms with Crippen molar-refractivity contribution in [3.8, 4) is 0 Å². The first-order valence-corrected chi connectivity index (χ1v) is 9.89. The fourth-order valence-corrected chi connectivity index (χ4v) is 4.14. The van der Waals surface area contributed by atoms with Crippen LogP contribution in [0.25, 0.3) is 0 Å². The summed E-state index contributed by atoms with van der Waals surface area (Å²) >= 11 is 0. The van der Waals surface area contributed by atoms with Gasteiger partial charge in [0.2, 0.25) is 0 Å². The predicted molar refractivity (Wildman–Crippen MR) is 106 cm³/mol. The van der Waals surface area contributed by atoms with E-state index in [-0.39, 0.29) is 11.9 Å². The summed E-state index contributed by atoms with van der Waals surface area (Å²) in [5.41, 5.74) is 10.8. The van der Waals surface area contributed by atoms with Crippen LogP contribution >= 0.6 is 0 Å². The Morgan fingerprint density at radius 2 is 1.81 bits per heavy atom. The number of ether oxygens (including phenoxy) is 1. The Labute approximate surface area is 160 Å². The molecule has 5 heteroatoms. The third kappa shape index (κ3) is 4.32. The number of benzene rings is 2. The van der Waals surface area contributed by atoms with Crippen LogP contribution in [0, 0.1) is 5.82 Å². The minimum absolute atomic E-state index is 0.177. The fourth-order valence-electron chi connectivity index (χ4n) is 4.14. The van der Waals surface area contributed by atoms with Crippen molar-refractivity contribution < 1.29 is 9.13 Å². The molecular formula is C22H28FN3O. The molecule has 2 aliphatic heterocycles. The van der Waals surface area contributed by atoms with E-state index in [1.807, 2.05) is 12.1 Å². The van der Waals surface area contributed by atoms with Gasteiger partial charge in [-0.2, -0.15) is 0 Å². The van der Waals surface area contributed by atoms with Crippen LogP contribution in [0.15, 0.2) is 42.5 Å². The van der Waals surface area contributed by atoms with E-state index < -0.39 is 0 Å². The monoisotopic (exact) mass is 369 g/mol. The van der Waals surface area contributed by atoms with E-state index >= 15 is 0 Å². The molecule has 2 heterocycles. The van der Waals surface area contributed by atoms with Crippen molar-refractivity contribution in [2.45, 2.75) is 25.5 Å². The highest BCUT2D eigenvalue weighted by atomic mass is 19.1. The lowest BCUT2D eigenvalue weighted by molar-refractivity contribution is 0.0289. The van der Waals surface area contributed by atoms with Gasteiger partial charge >= 0.3 is 0 Å². The molecule has 1 saturated heterocycles. The van der Waals surface area contributed by atoms with Gasteiger partial charge in [-0.25, -0.2) is 4.39 Å². The molecule has 2 aromatic rings. The van der Waals surface area contributed by atoms with Gasteiger partial charge < -0.3 is 15.4 Å². The summed E-state index contributed by atoms with van der Waals surface area (Å²) < 4.78 is 19.2. The predicted octanol–water partition coefficient (Wildman–Crippen LogP) is 3.11. The third-order valence-electron chi connectivity index (χ3n) is 5.75. The van der Waals surface area contributed by atoms with Gasteiger partial charge in [0.05, 0.1) is 12.7 Å². The van der Waals surface area contributed by atoms with Gasteiger partial charge in [-0.15, -0.1) is 0 Å². The number of halogens is 1. The molecule has 0 amide bonds. The molecule has 2 aliphatic rings. The highest BCUT2D eigenvalue weighted by Crippen LogP contribution is 2.30. The van der Waals surface area contributed by atoms with Crippen LogP contribution in [0.2, 0.25) is 0 Å². The smallest absolute Gasteiger partial charge is 0.123 e. The molecule has 27 heavy (non-hydrogen) atoms. The molecular weight excluding hydrogens is 341 g/mol. The lowest BCUT2D eigenvalue weighted by atomic mass is 9.93. The standard InChI is InChI=1S/C22H28FN3O/c23-19-2-4-20(5-3-19)26-12-10-25(11-13-26)9-7-22-21-6-1-17(16-24)15-18(21)8-14-27-22/h1-6,15,22H,7-14,16,24H2. The molecule has 2 N–H and O–H groups in total. The average molecular weight is 369 g/mol. The average Bonchev–Trinajstić information content (AvgIpc) is 2.72. The fraction of sp³-hybridized carbons (Fsp3) is 0.455. The maximum atomic E-state index is 13.1. The van der Waals surface area contributed by atoms with Crippen LogP contribution in [-0.2, 0) is 17.7 Å². The summed E-state index contributed by atoms with van der Waals surface area (Å²) in [6, 6.07) is 13.4. The number of hydrogen-bond acceptors (Lipinski definition) is 4. The minimum atomic E-state index is -0.177. The molecule has 144 valence electrons. The van der Waals surface area contributed by atoms with E-state index in [2.05, 4.69) is 28.0 Å². The first-order valence-electron chi connectivity index (χ1n) is 9.89. The number of anilines is 1. The molecule has 1 fully saturated rings. The third-order valence-corrected chi connectivity index (χ3v) is 5.75. The van der Waals surface area contributed by atoms with Crippen LogP contribution in [0.1, 0.15) is 29.2 Å². The van der Waals surface area contributed by atoms with Crippen LogP contribution in [-0.4, -0.2) is 44.2 Å². The maximum absolute atomic E-state index is 13.1. The van der Waals surface area contributed by atoms with E-state index in [0.29, 0.717) is 6.54 Å². The Balaban J connectivity index is 1.30. The molecule has 1 atom stereocenters. The number of piperazine rings is 1. The highest BCUT2D eigenvalue weighted by Gasteiger charge is 2.23. The van der Waals surface area contributed by atoms with Gasteiger partial charge in [0.15, 0.2) is 0 Å². The second kappa shape index (κ2) is 8.38. The second-order valence-electron chi connectivity index (χ2n) is 7.44. The SMILES string of the molecule is NCc1ccc2c(c1)CCOC2CCN1CCN(c2ccc(F)cc2)CC1. The van der Waals surface area contributed by atoms with Gasteiger partial charge in [0.25, 0.3) is 0 Å². The number of hydrogen-bond donors (Lipinski definition) is 1. The van der Waals surface area contributed by atoms with Crippen LogP contribution in [0.5, 0.6) is 0 Å². The molecule has 0 aliphatic carbocycles. The molecule has 0 aromatic heterocycles. The van der Waals surface area contributed by atoms with E-state index in [1.165, 1.54) is 28.8 Å². The quantitative estimate of drug-likeness (QED) is 0.879. The van der Waals surface area contributed by atoms with Crippen molar-refractivity contribution in [1.82, 2.24) is 4.90 Å². The molecule has 0 saturated carbocycles. The first kappa shape index (κ1) is 18.4. The first-order chi connectivity index (χ1) is 13.2. The van der Waals surface area contributed by atoms with Crippen LogP contribution in [0.3, 0.4) is 0 Å². The maximum Gasteiger partial charge on any atom is 0.123 e. The number of rotatable bonds is 5. The molecule has 4 rings (SSSR count). The lowest BCUT2D eigenvalue weighted by Crippen LogP contribution is -2.46. The van der Waals surface area contributed by atoms with Crippen molar-refractivity contribution >= 4 is 5.69 Å². The Morgan fingerprint density at radius 1 is 1.04 bits per heavy atom. The molecule has 2 aromatic carbocycles. The Kier molecular flexibility index (Phi) is 5.72. The number of nitrogens with two attached hydrogens (primary N) is 1. The van der Waals surface area contributed by atoms with Crippen LogP contribution in [0.4, 0.5) is 10.1 Å². The number of fused-ring (bicyclic) bond motifs is 1. The summed E-state index contributed by atoms with van der Waals surface area (Å²) in [4.78, 5) is 4.84. The largest absolute Gasteiger partial charge is 0.373 e. The Morgan fingerprint density at radius 3 is 2.56 bits per heavy atom. The summed E-state index contributed by atoms with van der Waals surface area (Å²) in [5.74, 6) is -0.177. The van der Waals surface area contributed by atoms with Crippen molar-refractivity contribution in [1.29, 1.82) is 0 Å². The lowest BCUT2D eigenvalue weighted by Gasteiger charge is -2.37. The second-order valence-corrected chi connectivity index (χ2v) is 7.44. The molecule has 0 spiro atoms. The topological polar surface area (TPSA) is 41.7 Å². The minimum Gasteiger partial charge on any atom is -0.373 e. The molecule has 4 nitrogen and oxygen atoms in total. The van der Waals surface area contributed by atoms with Gasteiger partial charge in [0, 0.05) is 45.0 Å². The van der Waals surface area contributed by atoms with Gasteiger partial charge in [-0.05, 0) is 53.8 Å². The van der Waals surface area contributed by atoms with Gasteiger partial charge in [-0.1, -0.05) is 18.2 Å². The van der Waals surface area contributed by atoms with Crippen molar-refractivity contribution in [2.75, 3.05) is 44.2 Å². The normalized spacial score (nSPS) is 20.5. The van der Waals surface area contributed by atoms with E-state index in [4.69, 9.17) is 10.5 Å². The van der Waals surface area contributed by atoms with E-state index in [9.17, 15) is 4.39 Å². The van der Waals surface area contributed by atoms with E-state index in [1.54, 1.807) is 0 Å².